The molecule has 0 aliphatic heterocycles. The SMILES string of the molecule is CCCCCCCCCCCC(=O)OC(COCCC(C(=O)O)[N+](C)(C)C)COC(C)=O. The van der Waals surface area contributed by atoms with Crippen LogP contribution in [0, 0.1) is 0 Å². The van der Waals surface area contributed by atoms with Crippen molar-refractivity contribution in [1.82, 2.24) is 0 Å². The lowest BCUT2D eigenvalue weighted by Crippen LogP contribution is -2.50. The van der Waals surface area contributed by atoms with Crippen molar-refractivity contribution in [2.75, 3.05) is 41.0 Å². The molecule has 0 heterocycles. The van der Waals surface area contributed by atoms with Crippen LogP contribution < -0.4 is 0 Å². The molecule has 2 unspecified atom stereocenters. The van der Waals surface area contributed by atoms with E-state index >= 15 is 0 Å². The van der Waals surface area contributed by atoms with Crippen LogP contribution in [0.2, 0.25) is 0 Å². The maximum atomic E-state index is 12.2. The summed E-state index contributed by atoms with van der Waals surface area (Å²) in [5, 5.41) is 9.37. The van der Waals surface area contributed by atoms with Crippen LogP contribution in [-0.4, -0.2) is 80.6 Å². The van der Waals surface area contributed by atoms with E-state index in [1.54, 1.807) is 0 Å². The molecule has 0 fully saturated rings. The molecule has 32 heavy (non-hydrogen) atoms. The van der Waals surface area contributed by atoms with E-state index in [1.807, 2.05) is 21.1 Å². The van der Waals surface area contributed by atoms with E-state index in [9.17, 15) is 19.5 Å². The second-order valence-electron chi connectivity index (χ2n) is 9.33. The van der Waals surface area contributed by atoms with Gasteiger partial charge in [0.25, 0.3) is 0 Å². The largest absolute Gasteiger partial charge is 0.477 e. The van der Waals surface area contributed by atoms with Gasteiger partial charge in [0.2, 0.25) is 0 Å². The average Bonchev–Trinajstić information content (AvgIpc) is 2.69. The highest BCUT2D eigenvalue weighted by molar-refractivity contribution is 5.72. The molecule has 8 heteroatoms. The number of ether oxygens (including phenoxy) is 3. The van der Waals surface area contributed by atoms with Gasteiger partial charge in [-0.05, 0) is 6.42 Å². The molecule has 0 saturated carbocycles. The van der Waals surface area contributed by atoms with Crippen molar-refractivity contribution in [3.8, 4) is 0 Å². The number of aliphatic carboxylic acids is 1. The van der Waals surface area contributed by atoms with Gasteiger partial charge < -0.3 is 23.8 Å². The number of hydrogen-bond donors (Lipinski definition) is 1. The lowest BCUT2D eigenvalue weighted by atomic mass is 10.1. The number of rotatable bonds is 20. The molecule has 0 aliphatic rings. The number of carboxylic acids is 1. The fourth-order valence-electron chi connectivity index (χ4n) is 3.40. The van der Waals surface area contributed by atoms with Crippen molar-refractivity contribution in [1.29, 1.82) is 0 Å². The average molecular weight is 461 g/mol. The number of quaternary nitrogens is 1. The number of carboxylic acid groups (broad SMARTS) is 1. The van der Waals surface area contributed by atoms with E-state index in [2.05, 4.69) is 6.92 Å². The van der Waals surface area contributed by atoms with E-state index in [4.69, 9.17) is 14.2 Å². The zero-order chi connectivity index (χ0) is 24.4. The summed E-state index contributed by atoms with van der Waals surface area (Å²) >= 11 is 0. The molecule has 0 spiro atoms. The summed E-state index contributed by atoms with van der Waals surface area (Å²) < 4.78 is 16.3. The third-order valence-electron chi connectivity index (χ3n) is 5.31. The summed E-state index contributed by atoms with van der Waals surface area (Å²) in [7, 11) is 5.45. The van der Waals surface area contributed by atoms with Gasteiger partial charge in [0.1, 0.15) is 6.61 Å². The van der Waals surface area contributed by atoms with Gasteiger partial charge in [-0.1, -0.05) is 58.3 Å². The van der Waals surface area contributed by atoms with Gasteiger partial charge in [-0.2, -0.15) is 0 Å². The van der Waals surface area contributed by atoms with Crippen molar-refractivity contribution in [3.05, 3.63) is 0 Å². The molecule has 2 atom stereocenters. The highest BCUT2D eigenvalue weighted by atomic mass is 16.6. The van der Waals surface area contributed by atoms with Crippen LogP contribution in [0.3, 0.4) is 0 Å². The van der Waals surface area contributed by atoms with Gasteiger partial charge in [0.15, 0.2) is 12.1 Å². The fourth-order valence-corrected chi connectivity index (χ4v) is 3.40. The second-order valence-corrected chi connectivity index (χ2v) is 9.33. The van der Waals surface area contributed by atoms with Crippen LogP contribution in [0.5, 0.6) is 0 Å². The lowest BCUT2D eigenvalue weighted by Gasteiger charge is -2.31. The monoisotopic (exact) mass is 460 g/mol. The summed E-state index contributed by atoms with van der Waals surface area (Å²) in [6.45, 7) is 3.69. The van der Waals surface area contributed by atoms with Crippen LogP contribution >= 0.6 is 0 Å². The quantitative estimate of drug-likeness (QED) is 0.167. The Balaban J connectivity index is 4.22. The molecule has 0 aromatic carbocycles. The molecule has 0 aromatic rings. The molecular weight excluding hydrogens is 414 g/mol. The second kappa shape index (κ2) is 17.8. The minimum Gasteiger partial charge on any atom is -0.477 e. The summed E-state index contributed by atoms with van der Waals surface area (Å²) in [5.74, 6) is -1.67. The number of nitrogens with zero attached hydrogens (tertiary/aromatic N) is 1. The zero-order valence-electron chi connectivity index (χ0n) is 20.9. The summed E-state index contributed by atoms with van der Waals surface area (Å²) in [6.07, 6.45) is 10.5. The first-order valence-electron chi connectivity index (χ1n) is 12.0. The first kappa shape index (κ1) is 30.3. The molecular formula is C24H46NO7+. The molecule has 8 nitrogen and oxygen atoms in total. The van der Waals surface area contributed by atoms with Crippen LogP contribution in [-0.2, 0) is 28.6 Å². The fraction of sp³-hybridized carbons (Fsp3) is 0.875. The van der Waals surface area contributed by atoms with E-state index in [0.717, 1.165) is 19.3 Å². The number of hydrogen-bond acceptors (Lipinski definition) is 6. The van der Waals surface area contributed by atoms with Crippen LogP contribution in [0.25, 0.3) is 0 Å². The van der Waals surface area contributed by atoms with Crippen LogP contribution in [0.15, 0.2) is 0 Å². The van der Waals surface area contributed by atoms with Crippen LogP contribution in [0.1, 0.15) is 84.5 Å². The Morgan fingerprint density at radius 1 is 0.875 bits per heavy atom. The minimum absolute atomic E-state index is 0.0558. The molecule has 0 aliphatic carbocycles. The first-order chi connectivity index (χ1) is 15.1. The van der Waals surface area contributed by atoms with Gasteiger partial charge >= 0.3 is 17.9 Å². The number of likely N-dealkylation sites (N-methyl/N-ethyl adjacent to an activating group) is 1. The van der Waals surface area contributed by atoms with Crippen molar-refractivity contribution in [3.63, 3.8) is 0 Å². The van der Waals surface area contributed by atoms with Gasteiger partial charge in [-0.15, -0.1) is 0 Å². The molecule has 188 valence electrons. The van der Waals surface area contributed by atoms with Gasteiger partial charge in [0, 0.05) is 19.8 Å². The number of carbonyl (C=O) groups excluding carboxylic acids is 2. The van der Waals surface area contributed by atoms with Gasteiger partial charge in [-0.25, -0.2) is 4.79 Å². The minimum atomic E-state index is -0.884. The molecule has 0 amide bonds. The van der Waals surface area contributed by atoms with E-state index in [0.29, 0.717) is 12.8 Å². The summed E-state index contributed by atoms with van der Waals surface area (Å²) in [5.41, 5.74) is 0. The number of carbonyl (C=O) groups is 3. The Labute approximate surface area is 194 Å². The maximum Gasteiger partial charge on any atom is 0.362 e. The van der Waals surface area contributed by atoms with E-state index < -0.39 is 24.1 Å². The highest BCUT2D eigenvalue weighted by Crippen LogP contribution is 2.12. The van der Waals surface area contributed by atoms with Crippen molar-refractivity contribution in [2.24, 2.45) is 0 Å². The van der Waals surface area contributed by atoms with E-state index in [1.165, 1.54) is 45.4 Å². The summed E-state index contributed by atoms with van der Waals surface area (Å²) in [4.78, 5) is 34.7. The lowest BCUT2D eigenvalue weighted by molar-refractivity contribution is -0.887. The van der Waals surface area contributed by atoms with Gasteiger partial charge in [0.05, 0.1) is 34.4 Å². The van der Waals surface area contributed by atoms with Gasteiger partial charge in [-0.3, -0.25) is 9.59 Å². The normalized spacial score (nSPS) is 13.4. The summed E-state index contributed by atoms with van der Waals surface area (Å²) in [6, 6.07) is -0.601. The first-order valence-corrected chi connectivity index (χ1v) is 12.0. The standard InChI is InChI=1S/C24H45NO7/c1-6-7-8-9-10-11-12-13-14-15-23(27)32-21(19-31-20(2)26)18-30-17-16-22(24(28)29)25(3,4)5/h21-22H,6-19H2,1-5H3/p+1. The van der Waals surface area contributed by atoms with E-state index in [-0.39, 0.29) is 30.3 Å². The highest BCUT2D eigenvalue weighted by Gasteiger charge is 2.31. The van der Waals surface area contributed by atoms with Crippen molar-refractivity contribution < 1.29 is 38.2 Å². The number of esters is 2. The molecule has 0 radical (unpaired) electrons. The Bertz CT molecular complexity index is 531. The Kier molecular flexibility index (Phi) is 16.9. The van der Waals surface area contributed by atoms with Crippen molar-refractivity contribution in [2.45, 2.75) is 96.6 Å². The van der Waals surface area contributed by atoms with Crippen molar-refractivity contribution >= 4 is 17.9 Å². The molecule has 0 rings (SSSR count). The Hall–Kier alpha value is -1.67. The third-order valence-corrected chi connectivity index (χ3v) is 5.31. The topological polar surface area (TPSA) is 99.1 Å². The predicted molar refractivity (Wildman–Crippen MR) is 123 cm³/mol. The maximum absolute atomic E-state index is 12.2. The Morgan fingerprint density at radius 3 is 1.94 bits per heavy atom. The molecule has 1 N–H and O–H groups in total. The zero-order valence-corrected chi connectivity index (χ0v) is 20.9. The van der Waals surface area contributed by atoms with Crippen LogP contribution in [0.4, 0.5) is 0 Å². The molecule has 0 saturated heterocycles. The predicted octanol–water partition coefficient (Wildman–Crippen LogP) is 3.95. The Morgan fingerprint density at radius 2 is 1.44 bits per heavy atom. The smallest absolute Gasteiger partial charge is 0.362 e. The number of unbranched alkanes of at least 4 members (excludes halogenated alkanes) is 8. The molecule has 0 bridgehead atoms. The third kappa shape index (κ3) is 17.0. The molecule has 0 aromatic heterocycles.